The first-order valence-corrected chi connectivity index (χ1v) is 7.72. The number of carbonyl (C=O) groups is 2. The second kappa shape index (κ2) is 6.32. The zero-order chi connectivity index (χ0) is 16.4. The number of carbonyl (C=O) groups excluding carboxylic acids is 2. The third kappa shape index (κ3) is 3.16. The minimum Gasteiger partial charge on any atom is -0.454 e. The average molecular weight is 316 g/mol. The summed E-state index contributed by atoms with van der Waals surface area (Å²) in [7, 11) is 0. The normalized spacial score (nSPS) is 20.2. The summed E-state index contributed by atoms with van der Waals surface area (Å²) < 4.78 is 10.6. The number of hydrogen-bond acceptors (Lipinski definition) is 4. The lowest BCUT2D eigenvalue weighted by molar-refractivity contribution is -0.141. The van der Waals surface area contributed by atoms with Crippen molar-refractivity contribution in [2.24, 2.45) is 5.92 Å². The van der Waals surface area contributed by atoms with Crippen molar-refractivity contribution in [2.45, 2.75) is 19.9 Å². The number of rotatable bonds is 3. The monoisotopic (exact) mass is 316 g/mol. The van der Waals surface area contributed by atoms with Gasteiger partial charge in [-0.2, -0.15) is 0 Å². The molecule has 0 bridgehead atoms. The molecular weight excluding hydrogens is 296 g/mol. The Hall–Kier alpha value is -2.50. The van der Waals surface area contributed by atoms with E-state index >= 15 is 0 Å². The lowest BCUT2D eigenvalue weighted by Gasteiger charge is -2.36. The van der Waals surface area contributed by atoms with Gasteiger partial charge in [0.2, 0.25) is 18.6 Å². The summed E-state index contributed by atoms with van der Waals surface area (Å²) >= 11 is 0. The fraction of sp³-hybridized carbons (Fsp3) is 0.412. The average Bonchev–Trinajstić information content (AvgIpc) is 2.99. The minimum atomic E-state index is -0.419. The van der Waals surface area contributed by atoms with Crippen LogP contribution in [0.5, 0.6) is 11.5 Å². The Labute approximate surface area is 135 Å². The topological polar surface area (TPSA) is 67.9 Å². The lowest BCUT2D eigenvalue weighted by atomic mass is 9.99. The van der Waals surface area contributed by atoms with E-state index in [0.717, 1.165) is 5.56 Å². The van der Waals surface area contributed by atoms with Crippen LogP contribution < -0.4 is 14.8 Å². The van der Waals surface area contributed by atoms with Crippen molar-refractivity contribution in [3.05, 3.63) is 29.8 Å². The van der Waals surface area contributed by atoms with Crippen molar-refractivity contribution < 1.29 is 19.1 Å². The summed E-state index contributed by atoms with van der Waals surface area (Å²) in [5, 5.41) is 2.81. The predicted molar refractivity (Wildman–Crippen MR) is 84.9 cm³/mol. The molecule has 23 heavy (non-hydrogen) atoms. The molecule has 1 fully saturated rings. The van der Waals surface area contributed by atoms with E-state index in [9.17, 15) is 9.59 Å². The molecule has 2 amide bonds. The van der Waals surface area contributed by atoms with E-state index in [0.29, 0.717) is 24.6 Å². The smallest absolute Gasteiger partial charge is 0.247 e. The van der Waals surface area contributed by atoms with Crippen LogP contribution in [-0.2, 0) is 9.59 Å². The van der Waals surface area contributed by atoms with Crippen LogP contribution in [0.25, 0.3) is 6.08 Å². The Bertz CT molecular complexity index is 654. The van der Waals surface area contributed by atoms with E-state index in [-0.39, 0.29) is 24.5 Å². The fourth-order valence-corrected chi connectivity index (χ4v) is 2.87. The third-order valence-electron chi connectivity index (χ3n) is 3.99. The van der Waals surface area contributed by atoms with Crippen molar-refractivity contribution >= 4 is 17.9 Å². The highest BCUT2D eigenvalue weighted by Gasteiger charge is 2.34. The molecule has 122 valence electrons. The summed E-state index contributed by atoms with van der Waals surface area (Å²) in [4.78, 5) is 26.1. The van der Waals surface area contributed by atoms with Gasteiger partial charge in [-0.25, -0.2) is 0 Å². The van der Waals surface area contributed by atoms with Gasteiger partial charge in [0.05, 0.1) is 0 Å². The lowest BCUT2D eigenvalue weighted by Crippen LogP contribution is -2.58. The largest absolute Gasteiger partial charge is 0.454 e. The van der Waals surface area contributed by atoms with Crippen LogP contribution in [0.2, 0.25) is 0 Å². The summed E-state index contributed by atoms with van der Waals surface area (Å²) in [6.45, 7) is 5.12. The molecule has 0 aromatic heterocycles. The Morgan fingerprint density at radius 3 is 2.91 bits per heavy atom. The highest BCUT2D eigenvalue weighted by molar-refractivity contribution is 5.96. The Morgan fingerprint density at radius 1 is 1.35 bits per heavy atom. The fourth-order valence-electron chi connectivity index (χ4n) is 2.87. The number of piperazine rings is 1. The van der Waals surface area contributed by atoms with Gasteiger partial charge in [-0.1, -0.05) is 19.9 Å². The molecule has 6 heteroatoms. The Balaban J connectivity index is 1.73. The van der Waals surface area contributed by atoms with Crippen LogP contribution >= 0.6 is 0 Å². The maximum atomic E-state index is 12.5. The van der Waals surface area contributed by atoms with Gasteiger partial charge >= 0.3 is 0 Å². The number of amides is 2. The molecule has 2 heterocycles. The van der Waals surface area contributed by atoms with Gasteiger partial charge in [-0.15, -0.1) is 0 Å². The molecule has 1 saturated heterocycles. The van der Waals surface area contributed by atoms with Gasteiger partial charge in [0.25, 0.3) is 0 Å². The Morgan fingerprint density at radius 2 is 2.13 bits per heavy atom. The van der Waals surface area contributed by atoms with Gasteiger partial charge < -0.3 is 19.7 Å². The van der Waals surface area contributed by atoms with Gasteiger partial charge in [-0.05, 0) is 29.7 Å². The first-order chi connectivity index (χ1) is 11.1. The number of fused-ring (bicyclic) bond motifs is 1. The molecule has 2 aliphatic heterocycles. The molecule has 1 aromatic carbocycles. The maximum Gasteiger partial charge on any atom is 0.247 e. The summed E-state index contributed by atoms with van der Waals surface area (Å²) in [5.74, 6) is 1.21. The second-order valence-corrected chi connectivity index (χ2v) is 5.96. The van der Waals surface area contributed by atoms with E-state index in [2.05, 4.69) is 5.32 Å². The molecule has 1 N–H and O–H groups in total. The third-order valence-corrected chi connectivity index (χ3v) is 3.99. The van der Waals surface area contributed by atoms with E-state index < -0.39 is 6.04 Å². The van der Waals surface area contributed by atoms with Crippen molar-refractivity contribution in [1.82, 2.24) is 10.2 Å². The number of hydrogen-bond donors (Lipinski definition) is 1. The quantitative estimate of drug-likeness (QED) is 0.856. The van der Waals surface area contributed by atoms with Crippen molar-refractivity contribution in [1.29, 1.82) is 0 Å². The second-order valence-electron chi connectivity index (χ2n) is 5.96. The van der Waals surface area contributed by atoms with Crippen LogP contribution in [0.4, 0.5) is 0 Å². The van der Waals surface area contributed by atoms with Crippen molar-refractivity contribution in [2.75, 3.05) is 19.9 Å². The zero-order valence-electron chi connectivity index (χ0n) is 13.2. The standard InChI is InChI=1S/C17H20N2O4/c1-11(2)16-17(21)18-7-8-19(16)15(20)6-4-12-3-5-13-14(9-12)23-10-22-13/h3-6,9,11,16H,7-8,10H2,1-2H3,(H,18,21)/b6-4+. The molecule has 6 nitrogen and oxygen atoms in total. The highest BCUT2D eigenvalue weighted by Crippen LogP contribution is 2.32. The van der Waals surface area contributed by atoms with Crippen LogP contribution in [-0.4, -0.2) is 42.6 Å². The SMILES string of the molecule is CC(C)C1C(=O)NCCN1C(=O)/C=C/c1ccc2c(c1)OCO2. The Kier molecular flexibility index (Phi) is 4.23. The number of nitrogens with zero attached hydrogens (tertiary/aromatic N) is 1. The van der Waals surface area contributed by atoms with E-state index in [1.165, 1.54) is 6.08 Å². The molecule has 1 aromatic rings. The van der Waals surface area contributed by atoms with Crippen LogP contribution in [0.1, 0.15) is 19.4 Å². The van der Waals surface area contributed by atoms with Crippen molar-refractivity contribution in [3.63, 3.8) is 0 Å². The number of ether oxygens (including phenoxy) is 2. The maximum absolute atomic E-state index is 12.5. The predicted octanol–water partition coefficient (Wildman–Crippen LogP) is 1.41. The minimum absolute atomic E-state index is 0.0678. The van der Waals surface area contributed by atoms with Crippen molar-refractivity contribution in [3.8, 4) is 11.5 Å². The first-order valence-electron chi connectivity index (χ1n) is 7.72. The van der Waals surface area contributed by atoms with Gasteiger partial charge in [0, 0.05) is 19.2 Å². The van der Waals surface area contributed by atoms with Crippen LogP contribution in [0.3, 0.4) is 0 Å². The number of nitrogens with one attached hydrogen (secondary N) is 1. The van der Waals surface area contributed by atoms with E-state index in [1.807, 2.05) is 32.0 Å². The molecule has 0 radical (unpaired) electrons. The molecular formula is C17H20N2O4. The zero-order valence-corrected chi connectivity index (χ0v) is 13.2. The molecule has 1 atom stereocenters. The van der Waals surface area contributed by atoms with E-state index in [1.54, 1.807) is 11.0 Å². The molecule has 0 aliphatic carbocycles. The van der Waals surface area contributed by atoms with Crippen LogP contribution in [0.15, 0.2) is 24.3 Å². The van der Waals surface area contributed by atoms with Gasteiger partial charge in [-0.3, -0.25) is 9.59 Å². The first kappa shape index (κ1) is 15.4. The summed E-state index contributed by atoms with van der Waals surface area (Å²) in [6, 6.07) is 5.09. The molecule has 3 rings (SSSR count). The summed E-state index contributed by atoms with van der Waals surface area (Å²) in [6.07, 6.45) is 3.24. The highest BCUT2D eigenvalue weighted by atomic mass is 16.7. The van der Waals surface area contributed by atoms with E-state index in [4.69, 9.17) is 9.47 Å². The molecule has 0 saturated carbocycles. The summed E-state index contributed by atoms with van der Waals surface area (Å²) in [5.41, 5.74) is 0.852. The van der Waals surface area contributed by atoms with Gasteiger partial charge in [0.1, 0.15) is 6.04 Å². The van der Waals surface area contributed by atoms with Gasteiger partial charge in [0.15, 0.2) is 11.5 Å². The number of benzene rings is 1. The van der Waals surface area contributed by atoms with Crippen LogP contribution in [0, 0.1) is 5.92 Å². The molecule has 2 aliphatic rings. The molecule has 1 unspecified atom stereocenters. The molecule has 0 spiro atoms.